The molecule has 0 aromatic carbocycles. The Bertz CT molecular complexity index is 612. The molecule has 2 rings (SSSR count). The van der Waals surface area contributed by atoms with Crippen LogP contribution in [-0.4, -0.2) is 38.7 Å². The standard InChI is InChI=1S/C13H18N4O3S/c1-6-8-7(9(21-5)16-11(14)15-8)10(18)17(6)12(19)20-13(2,3)4/h6H,1-5H3,(H2,14,15,16)/t6-/m0/s1. The van der Waals surface area contributed by atoms with Crippen LogP contribution in [0, 0.1) is 0 Å². The van der Waals surface area contributed by atoms with Gasteiger partial charge < -0.3 is 10.5 Å². The first kappa shape index (κ1) is 15.6. The second-order valence-electron chi connectivity index (χ2n) is 5.68. The Morgan fingerprint density at radius 2 is 2.00 bits per heavy atom. The average Bonchev–Trinajstić information content (AvgIpc) is 2.58. The lowest BCUT2D eigenvalue weighted by atomic mass is 10.2. The van der Waals surface area contributed by atoms with Crippen LogP contribution in [0.25, 0.3) is 0 Å². The second kappa shape index (κ2) is 5.18. The number of imide groups is 1. The van der Waals surface area contributed by atoms with E-state index in [0.29, 0.717) is 16.3 Å². The monoisotopic (exact) mass is 310 g/mol. The number of amides is 2. The summed E-state index contributed by atoms with van der Waals surface area (Å²) >= 11 is 1.29. The van der Waals surface area contributed by atoms with Crippen LogP contribution in [0.2, 0.25) is 0 Å². The zero-order valence-corrected chi connectivity index (χ0v) is 13.4. The number of ether oxygens (including phenoxy) is 1. The molecule has 0 aliphatic carbocycles. The van der Waals surface area contributed by atoms with Gasteiger partial charge in [0.15, 0.2) is 0 Å². The van der Waals surface area contributed by atoms with Gasteiger partial charge >= 0.3 is 6.09 Å². The predicted molar refractivity (Wildman–Crippen MR) is 79.0 cm³/mol. The number of carbonyl (C=O) groups is 2. The van der Waals surface area contributed by atoms with Gasteiger partial charge in [-0.15, -0.1) is 11.8 Å². The topological polar surface area (TPSA) is 98.4 Å². The highest BCUT2D eigenvalue weighted by atomic mass is 32.2. The Hall–Kier alpha value is -1.83. The molecule has 7 nitrogen and oxygen atoms in total. The van der Waals surface area contributed by atoms with Crippen molar-refractivity contribution < 1.29 is 14.3 Å². The Kier molecular flexibility index (Phi) is 3.83. The molecule has 0 radical (unpaired) electrons. The third kappa shape index (κ3) is 2.80. The third-order valence-electron chi connectivity index (χ3n) is 2.92. The van der Waals surface area contributed by atoms with Crippen LogP contribution in [-0.2, 0) is 4.74 Å². The van der Waals surface area contributed by atoms with Gasteiger partial charge in [0, 0.05) is 0 Å². The maximum Gasteiger partial charge on any atom is 0.417 e. The minimum absolute atomic E-state index is 0.0868. The van der Waals surface area contributed by atoms with Crippen molar-refractivity contribution in [2.24, 2.45) is 0 Å². The molecule has 114 valence electrons. The van der Waals surface area contributed by atoms with Crippen molar-refractivity contribution in [2.75, 3.05) is 12.0 Å². The molecule has 1 atom stereocenters. The fraction of sp³-hybridized carbons (Fsp3) is 0.538. The first-order chi connectivity index (χ1) is 9.65. The number of carbonyl (C=O) groups excluding carboxylic acids is 2. The molecule has 0 saturated heterocycles. The fourth-order valence-electron chi connectivity index (χ4n) is 2.10. The van der Waals surface area contributed by atoms with Crippen LogP contribution in [0.1, 0.15) is 49.8 Å². The van der Waals surface area contributed by atoms with Crippen LogP contribution >= 0.6 is 11.8 Å². The van der Waals surface area contributed by atoms with Crippen LogP contribution in [0.15, 0.2) is 5.03 Å². The van der Waals surface area contributed by atoms with E-state index < -0.39 is 23.6 Å². The van der Waals surface area contributed by atoms with Crippen molar-refractivity contribution in [1.29, 1.82) is 0 Å². The summed E-state index contributed by atoms with van der Waals surface area (Å²) < 4.78 is 5.28. The normalized spacial score (nSPS) is 17.9. The number of anilines is 1. The number of thioether (sulfide) groups is 1. The van der Waals surface area contributed by atoms with Crippen molar-refractivity contribution in [3.63, 3.8) is 0 Å². The number of aromatic nitrogens is 2. The Labute approximate surface area is 127 Å². The molecule has 1 aromatic heterocycles. The summed E-state index contributed by atoms with van der Waals surface area (Å²) in [6.07, 6.45) is 1.10. The number of nitrogen functional groups attached to an aromatic ring is 1. The minimum Gasteiger partial charge on any atom is -0.443 e. The molecule has 1 aromatic rings. The van der Waals surface area contributed by atoms with E-state index in [9.17, 15) is 9.59 Å². The molecule has 8 heteroatoms. The SMILES string of the molecule is CSc1nc(N)nc2c1C(=O)N(C(=O)OC(C)(C)C)[C@H]2C. The molecule has 0 fully saturated rings. The number of nitrogens with zero attached hydrogens (tertiary/aromatic N) is 3. The van der Waals surface area contributed by atoms with Crippen LogP contribution in [0.3, 0.4) is 0 Å². The quantitative estimate of drug-likeness (QED) is 0.627. The van der Waals surface area contributed by atoms with Crippen LogP contribution in [0.5, 0.6) is 0 Å². The maximum atomic E-state index is 12.5. The van der Waals surface area contributed by atoms with Crippen LogP contribution < -0.4 is 5.73 Å². The summed E-state index contributed by atoms with van der Waals surface area (Å²) in [6, 6.07) is -0.529. The number of rotatable bonds is 1. The van der Waals surface area contributed by atoms with Crippen molar-refractivity contribution >= 4 is 29.7 Å². The smallest absolute Gasteiger partial charge is 0.417 e. The lowest BCUT2D eigenvalue weighted by Gasteiger charge is -2.25. The van der Waals surface area contributed by atoms with Gasteiger partial charge in [0.05, 0.1) is 17.3 Å². The summed E-state index contributed by atoms with van der Waals surface area (Å²) in [6.45, 7) is 6.95. The van der Waals surface area contributed by atoms with Crippen molar-refractivity contribution in [1.82, 2.24) is 14.9 Å². The fourth-order valence-corrected chi connectivity index (χ4v) is 2.68. The molecule has 0 bridgehead atoms. The summed E-state index contributed by atoms with van der Waals surface area (Å²) in [5, 5.41) is 0.473. The van der Waals surface area contributed by atoms with E-state index in [0.717, 1.165) is 4.90 Å². The average molecular weight is 310 g/mol. The van der Waals surface area contributed by atoms with Crippen molar-refractivity contribution in [3.05, 3.63) is 11.3 Å². The largest absolute Gasteiger partial charge is 0.443 e. The Morgan fingerprint density at radius 1 is 1.38 bits per heavy atom. The van der Waals surface area contributed by atoms with E-state index in [1.807, 2.05) is 0 Å². The molecule has 0 unspecified atom stereocenters. The molecular weight excluding hydrogens is 292 g/mol. The first-order valence-electron chi connectivity index (χ1n) is 6.43. The lowest BCUT2D eigenvalue weighted by Crippen LogP contribution is -2.38. The van der Waals surface area contributed by atoms with E-state index in [2.05, 4.69) is 9.97 Å². The Morgan fingerprint density at radius 3 is 2.52 bits per heavy atom. The molecule has 2 heterocycles. The van der Waals surface area contributed by atoms with Crippen molar-refractivity contribution in [2.45, 2.75) is 44.4 Å². The maximum absolute atomic E-state index is 12.5. The van der Waals surface area contributed by atoms with Crippen LogP contribution in [0.4, 0.5) is 10.7 Å². The molecule has 0 spiro atoms. The van der Waals surface area contributed by atoms with Gasteiger partial charge in [0.1, 0.15) is 10.6 Å². The van der Waals surface area contributed by atoms with E-state index in [1.54, 1.807) is 34.0 Å². The van der Waals surface area contributed by atoms with Crippen molar-refractivity contribution in [3.8, 4) is 0 Å². The molecule has 21 heavy (non-hydrogen) atoms. The van der Waals surface area contributed by atoms with Gasteiger partial charge in [-0.25, -0.2) is 19.7 Å². The number of hydrogen-bond acceptors (Lipinski definition) is 7. The third-order valence-corrected chi connectivity index (χ3v) is 3.60. The summed E-state index contributed by atoms with van der Waals surface area (Å²) in [4.78, 5) is 34.0. The van der Waals surface area contributed by atoms with E-state index in [-0.39, 0.29) is 5.95 Å². The molecule has 1 aliphatic heterocycles. The van der Waals surface area contributed by atoms with Gasteiger partial charge in [0.25, 0.3) is 5.91 Å². The molecule has 2 amide bonds. The lowest BCUT2D eigenvalue weighted by molar-refractivity contribution is 0.0201. The first-order valence-corrected chi connectivity index (χ1v) is 7.66. The zero-order valence-electron chi connectivity index (χ0n) is 12.6. The molecule has 2 N–H and O–H groups in total. The van der Waals surface area contributed by atoms with Gasteiger partial charge in [-0.2, -0.15) is 0 Å². The summed E-state index contributed by atoms with van der Waals surface area (Å²) in [7, 11) is 0. The summed E-state index contributed by atoms with van der Waals surface area (Å²) in [5.74, 6) is -0.361. The van der Waals surface area contributed by atoms with E-state index in [1.165, 1.54) is 11.8 Å². The highest BCUT2D eigenvalue weighted by Gasteiger charge is 2.43. The highest BCUT2D eigenvalue weighted by Crippen LogP contribution is 2.37. The predicted octanol–water partition coefficient (Wildman–Crippen LogP) is 2.23. The minimum atomic E-state index is -0.691. The highest BCUT2D eigenvalue weighted by molar-refractivity contribution is 7.98. The van der Waals surface area contributed by atoms with Gasteiger partial charge in [0.2, 0.25) is 5.95 Å². The van der Waals surface area contributed by atoms with E-state index >= 15 is 0 Å². The Balaban J connectivity index is 2.43. The summed E-state index contributed by atoms with van der Waals surface area (Å²) in [5.41, 5.74) is 5.76. The van der Waals surface area contributed by atoms with Gasteiger partial charge in [-0.3, -0.25) is 4.79 Å². The van der Waals surface area contributed by atoms with Gasteiger partial charge in [-0.05, 0) is 34.0 Å². The molecule has 1 aliphatic rings. The number of fused-ring (bicyclic) bond motifs is 1. The molecule has 0 saturated carbocycles. The number of nitrogens with two attached hydrogens (primary N) is 1. The molecular formula is C13H18N4O3S. The van der Waals surface area contributed by atoms with Gasteiger partial charge in [-0.1, -0.05) is 0 Å². The zero-order chi connectivity index (χ0) is 15.9. The number of hydrogen-bond donors (Lipinski definition) is 1. The van der Waals surface area contributed by atoms with E-state index in [4.69, 9.17) is 10.5 Å². The second-order valence-corrected chi connectivity index (χ2v) is 6.48.